The highest BCUT2D eigenvalue weighted by Gasteiger charge is 2.05. The van der Waals surface area contributed by atoms with Crippen LogP contribution in [-0.4, -0.2) is 0 Å². The SMILES string of the molecule is CCc1ccc2sc(C(C)C)cc2c1. The molecule has 0 aliphatic rings. The molecule has 0 N–H and O–H groups in total. The molecule has 1 heterocycles. The molecule has 0 amide bonds. The molecule has 0 spiro atoms. The van der Waals surface area contributed by atoms with Gasteiger partial charge in [0, 0.05) is 9.58 Å². The first-order valence-corrected chi connectivity index (χ1v) is 6.04. The van der Waals surface area contributed by atoms with E-state index in [-0.39, 0.29) is 0 Å². The fourth-order valence-corrected chi connectivity index (χ4v) is 2.67. The van der Waals surface area contributed by atoms with Gasteiger partial charge in [0.25, 0.3) is 0 Å². The van der Waals surface area contributed by atoms with E-state index in [9.17, 15) is 0 Å². The third-order valence-corrected chi connectivity index (χ3v) is 3.99. The molecular formula is C13H16S. The van der Waals surface area contributed by atoms with Crippen LogP contribution in [0.5, 0.6) is 0 Å². The molecule has 1 aromatic carbocycles. The first-order valence-electron chi connectivity index (χ1n) is 5.23. The van der Waals surface area contributed by atoms with E-state index in [1.807, 2.05) is 11.3 Å². The molecule has 2 aromatic rings. The normalized spacial score (nSPS) is 11.4. The molecule has 0 atom stereocenters. The lowest BCUT2D eigenvalue weighted by atomic mass is 10.1. The summed E-state index contributed by atoms with van der Waals surface area (Å²) in [6.45, 7) is 6.72. The van der Waals surface area contributed by atoms with Crippen LogP contribution in [0, 0.1) is 0 Å². The fourth-order valence-electron chi connectivity index (χ4n) is 1.62. The van der Waals surface area contributed by atoms with Gasteiger partial charge in [0.1, 0.15) is 0 Å². The van der Waals surface area contributed by atoms with Crippen LogP contribution >= 0.6 is 11.3 Å². The highest BCUT2D eigenvalue weighted by Crippen LogP contribution is 2.31. The molecule has 2 rings (SSSR count). The summed E-state index contributed by atoms with van der Waals surface area (Å²) in [5.41, 5.74) is 1.44. The Morgan fingerprint density at radius 3 is 2.64 bits per heavy atom. The van der Waals surface area contributed by atoms with Gasteiger partial charge in [0.2, 0.25) is 0 Å². The van der Waals surface area contributed by atoms with Gasteiger partial charge in [-0.05, 0) is 35.4 Å². The maximum absolute atomic E-state index is 2.34. The molecular weight excluding hydrogens is 188 g/mol. The van der Waals surface area contributed by atoms with Crippen LogP contribution in [-0.2, 0) is 6.42 Å². The van der Waals surface area contributed by atoms with Crippen molar-refractivity contribution < 1.29 is 0 Å². The molecule has 1 heteroatoms. The number of benzene rings is 1. The zero-order valence-corrected chi connectivity index (χ0v) is 9.82. The second kappa shape index (κ2) is 3.74. The number of thiophene rings is 1. The second-order valence-electron chi connectivity index (χ2n) is 4.03. The van der Waals surface area contributed by atoms with Crippen molar-refractivity contribution in [2.24, 2.45) is 0 Å². The van der Waals surface area contributed by atoms with E-state index in [1.54, 1.807) is 0 Å². The molecule has 0 unspecified atom stereocenters. The lowest BCUT2D eigenvalue weighted by molar-refractivity contribution is 0.890. The Morgan fingerprint density at radius 2 is 2.00 bits per heavy atom. The van der Waals surface area contributed by atoms with Crippen LogP contribution in [0.4, 0.5) is 0 Å². The standard InChI is InChI=1S/C13H16S/c1-4-10-5-6-12-11(7-10)8-13(14-12)9(2)3/h5-9H,4H2,1-3H3. The highest BCUT2D eigenvalue weighted by molar-refractivity contribution is 7.19. The van der Waals surface area contributed by atoms with Crippen LogP contribution in [0.1, 0.15) is 37.1 Å². The van der Waals surface area contributed by atoms with E-state index in [0.717, 1.165) is 6.42 Å². The molecule has 0 nitrogen and oxygen atoms in total. The fraction of sp³-hybridized carbons (Fsp3) is 0.385. The van der Waals surface area contributed by atoms with E-state index in [4.69, 9.17) is 0 Å². The van der Waals surface area contributed by atoms with Crippen LogP contribution in [0.25, 0.3) is 10.1 Å². The Hall–Kier alpha value is -0.820. The van der Waals surface area contributed by atoms with Gasteiger partial charge in [-0.15, -0.1) is 11.3 Å². The van der Waals surface area contributed by atoms with Crippen molar-refractivity contribution in [1.29, 1.82) is 0 Å². The van der Waals surface area contributed by atoms with Gasteiger partial charge in [0.15, 0.2) is 0 Å². The lowest BCUT2D eigenvalue weighted by Crippen LogP contribution is -1.78. The van der Waals surface area contributed by atoms with Gasteiger partial charge in [-0.2, -0.15) is 0 Å². The molecule has 0 saturated carbocycles. The summed E-state index contributed by atoms with van der Waals surface area (Å²) >= 11 is 1.92. The van der Waals surface area contributed by atoms with E-state index in [2.05, 4.69) is 45.0 Å². The summed E-state index contributed by atoms with van der Waals surface area (Å²) in [4.78, 5) is 1.49. The molecule has 14 heavy (non-hydrogen) atoms. The molecule has 0 fully saturated rings. The maximum Gasteiger partial charge on any atom is 0.0345 e. The zero-order chi connectivity index (χ0) is 10.1. The number of aryl methyl sites for hydroxylation is 1. The molecule has 74 valence electrons. The average molecular weight is 204 g/mol. The van der Waals surface area contributed by atoms with Crippen molar-refractivity contribution >= 4 is 21.4 Å². The summed E-state index contributed by atoms with van der Waals surface area (Å²) in [5, 5.41) is 1.41. The van der Waals surface area contributed by atoms with Gasteiger partial charge in [0.05, 0.1) is 0 Å². The first kappa shape index (κ1) is 9.72. The Balaban J connectivity index is 2.54. The molecule has 0 aliphatic carbocycles. The predicted molar refractivity (Wildman–Crippen MR) is 65.3 cm³/mol. The smallest absolute Gasteiger partial charge is 0.0345 e. The highest BCUT2D eigenvalue weighted by atomic mass is 32.1. The summed E-state index contributed by atoms with van der Waals surface area (Å²) < 4.78 is 1.42. The Kier molecular flexibility index (Phi) is 2.60. The number of fused-ring (bicyclic) bond motifs is 1. The Bertz CT molecular complexity index is 437. The minimum Gasteiger partial charge on any atom is -0.140 e. The van der Waals surface area contributed by atoms with Crippen molar-refractivity contribution in [3.8, 4) is 0 Å². The van der Waals surface area contributed by atoms with Gasteiger partial charge in [-0.1, -0.05) is 32.9 Å². The molecule has 0 bridgehead atoms. The summed E-state index contributed by atoms with van der Waals surface area (Å²) in [6, 6.07) is 9.15. The summed E-state index contributed by atoms with van der Waals surface area (Å²) in [7, 11) is 0. The van der Waals surface area contributed by atoms with Gasteiger partial charge < -0.3 is 0 Å². The number of hydrogen-bond acceptors (Lipinski definition) is 1. The first-order chi connectivity index (χ1) is 6.70. The van der Waals surface area contributed by atoms with E-state index < -0.39 is 0 Å². The molecule has 0 aliphatic heterocycles. The predicted octanol–water partition coefficient (Wildman–Crippen LogP) is 4.59. The number of rotatable bonds is 2. The minimum atomic E-state index is 0.650. The monoisotopic (exact) mass is 204 g/mol. The quantitative estimate of drug-likeness (QED) is 0.671. The van der Waals surface area contributed by atoms with Crippen LogP contribution in [0.2, 0.25) is 0 Å². The second-order valence-corrected chi connectivity index (χ2v) is 5.14. The lowest BCUT2D eigenvalue weighted by Gasteiger charge is -1.96. The van der Waals surface area contributed by atoms with Crippen molar-refractivity contribution in [1.82, 2.24) is 0 Å². The zero-order valence-electron chi connectivity index (χ0n) is 9.00. The van der Waals surface area contributed by atoms with Gasteiger partial charge >= 0.3 is 0 Å². The minimum absolute atomic E-state index is 0.650. The average Bonchev–Trinajstić information content (AvgIpc) is 2.59. The summed E-state index contributed by atoms with van der Waals surface area (Å²) in [5.74, 6) is 0.650. The Morgan fingerprint density at radius 1 is 1.21 bits per heavy atom. The topological polar surface area (TPSA) is 0 Å². The van der Waals surface area contributed by atoms with Gasteiger partial charge in [-0.25, -0.2) is 0 Å². The van der Waals surface area contributed by atoms with Crippen LogP contribution in [0.3, 0.4) is 0 Å². The Labute approximate surface area is 89.6 Å². The molecule has 0 saturated heterocycles. The van der Waals surface area contributed by atoms with Gasteiger partial charge in [-0.3, -0.25) is 0 Å². The van der Waals surface area contributed by atoms with Crippen molar-refractivity contribution in [3.63, 3.8) is 0 Å². The van der Waals surface area contributed by atoms with Crippen molar-refractivity contribution in [2.45, 2.75) is 33.1 Å². The van der Waals surface area contributed by atoms with Crippen LogP contribution < -0.4 is 0 Å². The van der Waals surface area contributed by atoms with E-state index in [1.165, 1.54) is 20.5 Å². The molecule has 0 radical (unpaired) electrons. The van der Waals surface area contributed by atoms with Crippen LogP contribution in [0.15, 0.2) is 24.3 Å². The largest absolute Gasteiger partial charge is 0.140 e. The van der Waals surface area contributed by atoms with Crippen molar-refractivity contribution in [3.05, 3.63) is 34.7 Å². The molecule has 1 aromatic heterocycles. The number of hydrogen-bond donors (Lipinski definition) is 0. The third-order valence-electron chi connectivity index (χ3n) is 2.58. The third kappa shape index (κ3) is 1.69. The van der Waals surface area contributed by atoms with E-state index in [0.29, 0.717) is 5.92 Å². The maximum atomic E-state index is 2.34. The summed E-state index contributed by atoms with van der Waals surface area (Å²) in [6.07, 6.45) is 1.13. The van der Waals surface area contributed by atoms with E-state index >= 15 is 0 Å². The van der Waals surface area contributed by atoms with Crippen molar-refractivity contribution in [2.75, 3.05) is 0 Å².